The van der Waals surface area contributed by atoms with Gasteiger partial charge in [0.15, 0.2) is 0 Å². The fraction of sp³-hybridized carbons (Fsp3) is 0.667. The normalized spacial score (nSPS) is 34.4. The first kappa shape index (κ1) is 27.8. The SMILES string of the molecule is CC1CN(CC(=O)NC2[C@@H]3CC4C[C@H]2CC(C(N)=O)(C4)C3)S(=O)(=O)N(c2c(Cl)cc(C(F)(F)F)cc2Cl)C1. The van der Waals surface area contributed by atoms with E-state index >= 15 is 0 Å². The molecular weight excluding hydrogens is 568 g/mol. The molecule has 1 heterocycles. The van der Waals surface area contributed by atoms with Gasteiger partial charge in [-0.15, -0.1) is 0 Å². The van der Waals surface area contributed by atoms with Crippen LogP contribution in [-0.2, 0) is 26.0 Å². The lowest BCUT2D eigenvalue weighted by molar-refractivity contribution is -0.147. The molecule has 6 atom stereocenters. The van der Waals surface area contributed by atoms with Crippen molar-refractivity contribution in [3.63, 3.8) is 0 Å². The summed E-state index contributed by atoms with van der Waals surface area (Å²) in [5, 5.41) is 2.12. The van der Waals surface area contributed by atoms with Gasteiger partial charge in [-0.1, -0.05) is 30.1 Å². The highest BCUT2D eigenvalue weighted by Gasteiger charge is 2.58. The number of primary amides is 1. The maximum Gasteiger partial charge on any atom is 0.416 e. The zero-order chi connectivity index (χ0) is 27.8. The molecular formula is C24H29Cl2F3N4O4S. The van der Waals surface area contributed by atoms with Crippen molar-refractivity contribution in [1.29, 1.82) is 0 Å². The number of nitrogens with zero attached hydrogens (tertiary/aromatic N) is 2. The van der Waals surface area contributed by atoms with Crippen molar-refractivity contribution in [2.75, 3.05) is 23.9 Å². The molecule has 1 aromatic rings. The number of carbonyl (C=O) groups excluding carboxylic acids is 2. The Balaban J connectivity index is 1.33. The Kier molecular flexibility index (Phi) is 6.89. The van der Waals surface area contributed by atoms with Crippen molar-refractivity contribution in [3.8, 4) is 0 Å². The van der Waals surface area contributed by atoms with Gasteiger partial charge >= 0.3 is 16.4 Å². The number of rotatable bonds is 5. The maximum atomic E-state index is 13.5. The van der Waals surface area contributed by atoms with Gasteiger partial charge in [-0.3, -0.25) is 13.9 Å². The molecule has 0 aromatic heterocycles. The van der Waals surface area contributed by atoms with Gasteiger partial charge in [0, 0.05) is 24.5 Å². The Morgan fingerprint density at radius 1 is 1.11 bits per heavy atom. The first-order valence-electron chi connectivity index (χ1n) is 12.5. The third kappa shape index (κ3) is 4.75. The van der Waals surface area contributed by atoms with E-state index in [4.69, 9.17) is 28.9 Å². The van der Waals surface area contributed by atoms with Gasteiger partial charge in [-0.25, -0.2) is 0 Å². The van der Waals surface area contributed by atoms with Crippen LogP contribution in [-0.4, -0.2) is 50.2 Å². The Morgan fingerprint density at radius 2 is 1.68 bits per heavy atom. The van der Waals surface area contributed by atoms with Crippen LogP contribution >= 0.6 is 23.2 Å². The predicted molar refractivity (Wildman–Crippen MR) is 136 cm³/mol. The van der Waals surface area contributed by atoms with Crippen LogP contribution in [0.3, 0.4) is 0 Å². The average Bonchev–Trinajstić information content (AvgIpc) is 2.78. The Hall–Kier alpha value is -1.76. The lowest BCUT2D eigenvalue weighted by atomic mass is 9.47. The fourth-order valence-electron chi connectivity index (χ4n) is 7.29. The fourth-order valence-corrected chi connectivity index (χ4v) is 9.95. The first-order valence-corrected chi connectivity index (χ1v) is 14.7. The number of benzene rings is 1. The van der Waals surface area contributed by atoms with Crippen LogP contribution in [0.1, 0.15) is 44.6 Å². The molecule has 0 radical (unpaired) electrons. The van der Waals surface area contributed by atoms with Crippen LogP contribution in [0.5, 0.6) is 0 Å². The molecule has 2 amide bonds. The smallest absolute Gasteiger partial charge is 0.369 e. The van der Waals surface area contributed by atoms with Crippen molar-refractivity contribution in [2.45, 2.75) is 51.2 Å². The standard InChI is InChI=1S/C24H29Cl2F3N4O4S/c1-12-9-32(38(36,37)33(10-12)21-17(25)4-16(5-18(21)26)24(27,28)29)11-19(34)31-20-14-2-13-3-15(20)8-23(6-13,7-14)22(30)35/h4-5,12-15,20H,2-3,6-11H2,1H3,(H2,30,35)(H,31,34)/t12?,13?,14-,15+,20?,23?. The highest BCUT2D eigenvalue weighted by atomic mass is 35.5. The number of carbonyl (C=O) groups is 2. The molecule has 38 heavy (non-hydrogen) atoms. The zero-order valence-corrected chi connectivity index (χ0v) is 22.9. The molecule has 8 nitrogen and oxygen atoms in total. The van der Waals surface area contributed by atoms with Crippen LogP contribution in [0.25, 0.3) is 0 Å². The minimum Gasteiger partial charge on any atom is -0.369 e. The number of alkyl halides is 3. The van der Waals surface area contributed by atoms with E-state index < -0.39 is 49.9 Å². The van der Waals surface area contributed by atoms with Gasteiger partial charge in [-0.2, -0.15) is 25.9 Å². The number of nitrogens with two attached hydrogens (primary N) is 1. The van der Waals surface area contributed by atoms with Crippen molar-refractivity contribution in [1.82, 2.24) is 9.62 Å². The van der Waals surface area contributed by atoms with Gasteiger partial charge < -0.3 is 11.1 Å². The molecule has 5 fully saturated rings. The molecule has 4 unspecified atom stereocenters. The monoisotopic (exact) mass is 596 g/mol. The summed E-state index contributed by atoms with van der Waals surface area (Å²) in [4.78, 5) is 25.3. The van der Waals surface area contributed by atoms with E-state index in [2.05, 4.69) is 5.32 Å². The lowest BCUT2D eigenvalue weighted by Crippen LogP contribution is -2.63. The largest absolute Gasteiger partial charge is 0.416 e. The molecule has 5 aliphatic rings. The average molecular weight is 597 g/mol. The highest BCUT2D eigenvalue weighted by Crippen LogP contribution is 2.60. The summed E-state index contributed by atoms with van der Waals surface area (Å²) < 4.78 is 68.4. The van der Waals surface area contributed by atoms with Crippen molar-refractivity contribution in [3.05, 3.63) is 27.7 Å². The lowest BCUT2D eigenvalue weighted by Gasteiger charge is -2.58. The molecule has 210 valence electrons. The third-order valence-corrected chi connectivity index (χ3v) is 11.0. The second-order valence-corrected chi connectivity index (χ2v) is 14.1. The van der Waals surface area contributed by atoms with E-state index in [-0.39, 0.29) is 48.5 Å². The molecule has 1 aromatic carbocycles. The van der Waals surface area contributed by atoms with Crippen LogP contribution < -0.4 is 15.4 Å². The summed E-state index contributed by atoms with van der Waals surface area (Å²) in [5.41, 5.74) is 3.88. The quantitative estimate of drug-likeness (QED) is 0.538. The van der Waals surface area contributed by atoms with Gasteiger partial charge in [0.25, 0.3) is 0 Å². The Labute approximate surface area is 229 Å². The van der Waals surface area contributed by atoms with Crippen molar-refractivity contribution >= 4 is 50.9 Å². The summed E-state index contributed by atoms with van der Waals surface area (Å²) in [6.45, 7) is 1.29. The summed E-state index contributed by atoms with van der Waals surface area (Å²) in [7, 11) is -4.33. The van der Waals surface area contributed by atoms with E-state index in [0.29, 0.717) is 30.9 Å². The van der Waals surface area contributed by atoms with E-state index in [1.165, 1.54) is 0 Å². The van der Waals surface area contributed by atoms with Crippen molar-refractivity contribution in [2.24, 2.45) is 34.8 Å². The molecule has 4 saturated carbocycles. The topological polar surface area (TPSA) is 113 Å². The van der Waals surface area contributed by atoms with Crippen molar-refractivity contribution < 1.29 is 31.2 Å². The molecule has 1 aliphatic heterocycles. The Bertz CT molecular complexity index is 1240. The van der Waals surface area contributed by atoms with Crippen LogP contribution in [0, 0.1) is 29.1 Å². The summed E-state index contributed by atoms with van der Waals surface area (Å²) in [6.07, 6.45) is -0.873. The first-order chi connectivity index (χ1) is 17.6. The highest BCUT2D eigenvalue weighted by molar-refractivity contribution is 7.90. The minimum absolute atomic E-state index is 0.0481. The number of amides is 2. The van der Waals surface area contributed by atoms with Gasteiger partial charge in [0.2, 0.25) is 11.8 Å². The molecule has 1 saturated heterocycles. The summed E-state index contributed by atoms with van der Waals surface area (Å²) in [6, 6.07) is 1.12. The number of hydrogen-bond acceptors (Lipinski definition) is 4. The number of anilines is 1. The number of nitrogens with one attached hydrogen (secondary N) is 1. The van der Waals surface area contributed by atoms with Crippen LogP contribution in [0.2, 0.25) is 10.0 Å². The third-order valence-electron chi connectivity index (χ3n) is 8.63. The molecule has 4 bridgehead atoms. The van der Waals surface area contributed by atoms with Crippen LogP contribution in [0.15, 0.2) is 12.1 Å². The molecule has 14 heteroatoms. The van der Waals surface area contributed by atoms with E-state index in [1.807, 2.05) is 0 Å². The second-order valence-electron chi connectivity index (χ2n) is 11.4. The predicted octanol–water partition coefficient (Wildman–Crippen LogP) is 3.81. The van der Waals surface area contributed by atoms with Gasteiger partial charge in [0.1, 0.15) is 0 Å². The maximum absolute atomic E-state index is 13.5. The van der Waals surface area contributed by atoms with Gasteiger partial charge in [-0.05, 0) is 67.9 Å². The molecule has 3 N–H and O–H groups in total. The summed E-state index contributed by atoms with van der Waals surface area (Å²) >= 11 is 12.2. The van der Waals surface area contributed by atoms with Gasteiger partial charge in [0.05, 0.1) is 27.8 Å². The van der Waals surface area contributed by atoms with E-state index in [9.17, 15) is 31.2 Å². The molecule has 4 aliphatic carbocycles. The van der Waals surface area contributed by atoms with Crippen LogP contribution in [0.4, 0.5) is 18.9 Å². The number of halogens is 5. The molecule has 0 spiro atoms. The number of hydrogen-bond donors (Lipinski definition) is 2. The van der Waals surface area contributed by atoms with E-state index in [0.717, 1.165) is 27.9 Å². The minimum atomic E-state index is -4.71. The summed E-state index contributed by atoms with van der Waals surface area (Å²) in [5.74, 6) is -0.402. The zero-order valence-electron chi connectivity index (χ0n) is 20.6. The second kappa shape index (κ2) is 9.42. The van der Waals surface area contributed by atoms with E-state index in [1.54, 1.807) is 6.92 Å². The molecule has 6 rings (SSSR count). The Morgan fingerprint density at radius 3 is 2.21 bits per heavy atom.